The standard InChI is InChI=1S/C38H71NO2/c1-4-6-8-10-12-14-16-18-20-22-24-26-28-30-32-38(40-36-34-39(3)35-37(36)41-38)33-31-29-27-25-23-21-19-17-15-13-11-9-7-5-2/h14-17,36-37H,4-13,18-35H2,1-3H3/b16-14-,17-15-. The van der Waals surface area contributed by atoms with Crippen molar-refractivity contribution < 1.29 is 9.47 Å². The van der Waals surface area contributed by atoms with Gasteiger partial charge in [0.25, 0.3) is 0 Å². The molecule has 0 aliphatic carbocycles. The molecule has 2 aliphatic rings. The van der Waals surface area contributed by atoms with E-state index in [1.54, 1.807) is 0 Å². The summed E-state index contributed by atoms with van der Waals surface area (Å²) >= 11 is 0. The average Bonchev–Trinajstić information content (AvgIpc) is 3.47. The zero-order valence-electron chi connectivity index (χ0n) is 28.0. The van der Waals surface area contributed by atoms with Crippen LogP contribution < -0.4 is 0 Å². The van der Waals surface area contributed by atoms with Crippen molar-refractivity contribution >= 4 is 0 Å². The molecule has 240 valence electrons. The lowest BCUT2D eigenvalue weighted by atomic mass is 9.98. The zero-order chi connectivity index (χ0) is 29.3. The molecule has 2 rings (SSSR count). The molecule has 41 heavy (non-hydrogen) atoms. The van der Waals surface area contributed by atoms with E-state index in [0.29, 0.717) is 12.2 Å². The Hall–Kier alpha value is -0.640. The molecule has 3 heteroatoms. The van der Waals surface area contributed by atoms with E-state index >= 15 is 0 Å². The molecule has 0 N–H and O–H groups in total. The predicted octanol–water partition coefficient (Wildman–Crippen LogP) is 11.7. The second kappa shape index (κ2) is 24.8. The van der Waals surface area contributed by atoms with Gasteiger partial charge in [0, 0.05) is 25.9 Å². The fraction of sp³-hybridized carbons (Fsp3) is 0.895. The van der Waals surface area contributed by atoms with Crippen LogP contribution in [0, 0.1) is 0 Å². The maximum Gasteiger partial charge on any atom is 0.169 e. The number of allylic oxidation sites excluding steroid dienone is 4. The van der Waals surface area contributed by atoms with E-state index in [1.165, 1.54) is 154 Å². The Morgan fingerprint density at radius 3 is 1.17 bits per heavy atom. The fourth-order valence-corrected chi connectivity index (χ4v) is 6.67. The van der Waals surface area contributed by atoms with E-state index in [9.17, 15) is 0 Å². The van der Waals surface area contributed by atoms with Crippen molar-refractivity contribution in [2.45, 2.75) is 199 Å². The maximum atomic E-state index is 6.69. The summed E-state index contributed by atoms with van der Waals surface area (Å²) in [6.07, 6.45) is 44.6. The molecular weight excluding hydrogens is 502 g/mol. The highest BCUT2D eigenvalue weighted by Gasteiger charge is 2.49. The molecular formula is C38H71NO2. The minimum atomic E-state index is -0.291. The molecule has 2 unspecified atom stereocenters. The van der Waals surface area contributed by atoms with E-state index in [2.05, 4.69) is 50.1 Å². The summed E-state index contributed by atoms with van der Waals surface area (Å²) < 4.78 is 13.4. The number of hydrogen-bond acceptors (Lipinski definition) is 3. The zero-order valence-corrected chi connectivity index (χ0v) is 28.0. The molecule has 0 radical (unpaired) electrons. The Bertz CT molecular complexity index is 590. The molecule has 2 heterocycles. The highest BCUT2D eigenvalue weighted by molar-refractivity contribution is 4.93. The minimum Gasteiger partial charge on any atom is -0.343 e. The number of nitrogens with zero attached hydrogens (tertiary/aromatic N) is 1. The fourth-order valence-electron chi connectivity index (χ4n) is 6.67. The lowest BCUT2D eigenvalue weighted by Gasteiger charge is -2.30. The van der Waals surface area contributed by atoms with Crippen LogP contribution in [0.15, 0.2) is 24.3 Å². The molecule has 0 aromatic rings. The summed E-state index contributed by atoms with van der Waals surface area (Å²) in [5.74, 6) is -0.291. The molecule has 3 nitrogen and oxygen atoms in total. The first-order valence-corrected chi connectivity index (χ1v) is 18.5. The molecule has 0 spiro atoms. The van der Waals surface area contributed by atoms with E-state index in [1.807, 2.05) is 0 Å². The summed E-state index contributed by atoms with van der Waals surface area (Å²) in [5, 5.41) is 0. The van der Waals surface area contributed by atoms with E-state index in [0.717, 1.165) is 25.9 Å². The van der Waals surface area contributed by atoms with Gasteiger partial charge < -0.3 is 14.4 Å². The predicted molar refractivity (Wildman–Crippen MR) is 180 cm³/mol. The normalized spacial score (nSPS) is 20.7. The lowest BCUT2D eigenvalue weighted by Crippen LogP contribution is -2.34. The van der Waals surface area contributed by atoms with Crippen molar-refractivity contribution in [2.75, 3.05) is 20.1 Å². The third-order valence-electron chi connectivity index (χ3n) is 9.27. The van der Waals surface area contributed by atoms with Crippen LogP contribution in [0.25, 0.3) is 0 Å². The maximum absolute atomic E-state index is 6.69. The van der Waals surface area contributed by atoms with Crippen LogP contribution in [0.2, 0.25) is 0 Å². The highest BCUT2D eigenvalue weighted by Crippen LogP contribution is 2.40. The summed E-state index contributed by atoms with van der Waals surface area (Å²) in [7, 11) is 2.19. The SMILES string of the molecule is CCCCCC/C=C\CCCCCCCCC1(CCCCCCCC/C=C\CCCCCC)OC2CN(C)CC2O1. The average molecular weight is 574 g/mol. The van der Waals surface area contributed by atoms with Gasteiger partial charge in [-0.3, -0.25) is 0 Å². The smallest absolute Gasteiger partial charge is 0.169 e. The molecule has 2 aliphatic heterocycles. The van der Waals surface area contributed by atoms with Crippen molar-refractivity contribution in [1.29, 1.82) is 0 Å². The lowest BCUT2D eigenvalue weighted by molar-refractivity contribution is -0.193. The molecule has 0 saturated carbocycles. The number of ether oxygens (including phenoxy) is 2. The third kappa shape index (κ3) is 17.9. The minimum absolute atomic E-state index is 0.291. The van der Waals surface area contributed by atoms with Gasteiger partial charge in [0.05, 0.1) is 0 Å². The molecule has 2 atom stereocenters. The topological polar surface area (TPSA) is 21.7 Å². The van der Waals surface area contributed by atoms with Gasteiger partial charge in [-0.2, -0.15) is 0 Å². The number of likely N-dealkylation sites (N-methyl/N-ethyl adjacent to an activating group) is 1. The van der Waals surface area contributed by atoms with Gasteiger partial charge in [-0.05, 0) is 71.3 Å². The van der Waals surface area contributed by atoms with E-state index in [-0.39, 0.29) is 5.79 Å². The quantitative estimate of drug-likeness (QED) is 0.0686. The molecule has 0 aromatic heterocycles. The Morgan fingerprint density at radius 1 is 0.488 bits per heavy atom. The van der Waals surface area contributed by atoms with Crippen molar-refractivity contribution in [3.63, 3.8) is 0 Å². The monoisotopic (exact) mass is 574 g/mol. The molecule has 0 bridgehead atoms. The van der Waals surface area contributed by atoms with Crippen LogP contribution in [0.5, 0.6) is 0 Å². The summed E-state index contributed by atoms with van der Waals surface area (Å²) in [6, 6.07) is 0. The molecule has 2 saturated heterocycles. The van der Waals surface area contributed by atoms with Crippen LogP contribution in [-0.4, -0.2) is 43.0 Å². The van der Waals surface area contributed by atoms with Gasteiger partial charge in [0.15, 0.2) is 5.79 Å². The second-order valence-electron chi connectivity index (χ2n) is 13.4. The van der Waals surface area contributed by atoms with Crippen LogP contribution >= 0.6 is 0 Å². The van der Waals surface area contributed by atoms with Gasteiger partial charge in [-0.15, -0.1) is 0 Å². The molecule has 0 amide bonds. The van der Waals surface area contributed by atoms with Gasteiger partial charge in [-0.25, -0.2) is 0 Å². The van der Waals surface area contributed by atoms with Gasteiger partial charge >= 0.3 is 0 Å². The van der Waals surface area contributed by atoms with Crippen LogP contribution in [0.4, 0.5) is 0 Å². The number of fused-ring (bicyclic) bond motifs is 1. The summed E-state index contributed by atoms with van der Waals surface area (Å²) in [6.45, 7) is 6.64. The Morgan fingerprint density at radius 2 is 0.805 bits per heavy atom. The first-order chi connectivity index (χ1) is 20.2. The highest BCUT2D eigenvalue weighted by atomic mass is 16.8. The van der Waals surface area contributed by atoms with Crippen LogP contribution in [-0.2, 0) is 9.47 Å². The molecule has 0 aromatic carbocycles. The Kier molecular flexibility index (Phi) is 22.1. The van der Waals surface area contributed by atoms with Crippen molar-refractivity contribution in [2.24, 2.45) is 0 Å². The molecule has 2 fully saturated rings. The van der Waals surface area contributed by atoms with E-state index in [4.69, 9.17) is 9.47 Å². The van der Waals surface area contributed by atoms with E-state index < -0.39 is 0 Å². The first-order valence-electron chi connectivity index (χ1n) is 18.5. The Balaban J connectivity index is 1.51. The Labute approximate surface area is 257 Å². The number of likely N-dealkylation sites (tertiary alicyclic amines) is 1. The number of unbranched alkanes of at least 4 members (excludes halogenated alkanes) is 20. The van der Waals surface area contributed by atoms with Gasteiger partial charge in [0.1, 0.15) is 12.2 Å². The van der Waals surface area contributed by atoms with Crippen LogP contribution in [0.3, 0.4) is 0 Å². The summed E-state index contributed by atoms with van der Waals surface area (Å²) in [5.41, 5.74) is 0. The van der Waals surface area contributed by atoms with Crippen molar-refractivity contribution in [3.05, 3.63) is 24.3 Å². The number of hydrogen-bond donors (Lipinski definition) is 0. The first kappa shape index (κ1) is 36.6. The van der Waals surface area contributed by atoms with Crippen molar-refractivity contribution in [3.8, 4) is 0 Å². The largest absolute Gasteiger partial charge is 0.343 e. The van der Waals surface area contributed by atoms with Crippen molar-refractivity contribution in [1.82, 2.24) is 4.90 Å². The van der Waals surface area contributed by atoms with Gasteiger partial charge in [-0.1, -0.05) is 128 Å². The number of rotatable bonds is 28. The van der Waals surface area contributed by atoms with Gasteiger partial charge in [0.2, 0.25) is 0 Å². The summed E-state index contributed by atoms with van der Waals surface area (Å²) in [4.78, 5) is 2.36. The van der Waals surface area contributed by atoms with Crippen LogP contribution in [0.1, 0.15) is 181 Å². The third-order valence-corrected chi connectivity index (χ3v) is 9.27. The second-order valence-corrected chi connectivity index (χ2v) is 13.4.